The lowest BCUT2D eigenvalue weighted by Gasteiger charge is -2.24. The summed E-state index contributed by atoms with van der Waals surface area (Å²) in [6.45, 7) is 1.98. The zero-order chi connectivity index (χ0) is 11.4. The number of hydrogen-bond acceptors (Lipinski definition) is 2. The Bertz CT molecular complexity index is 348. The van der Waals surface area contributed by atoms with E-state index in [1.54, 1.807) is 0 Å². The van der Waals surface area contributed by atoms with Gasteiger partial charge in [-0.05, 0) is 32.6 Å². The Hall–Kier alpha value is -0.760. The van der Waals surface area contributed by atoms with E-state index in [1.165, 1.54) is 32.1 Å². The van der Waals surface area contributed by atoms with E-state index in [9.17, 15) is 0 Å². The van der Waals surface area contributed by atoms with Gasteiger partial charge in [-0.3, -0.25) is 4.98 Å². The van der Waals surface area contributed by atoms with Gasteiger partial charge in [0.2, 0.25) is 0 Å². The van der Waals surface area contributed by atoms with Crippen LogP contribution in [0, 0.1) is 6.92 Å². The molecule has 0 bridgehead atoms. The normalized spacial score (nSPS) is 17.4. The topological polar surface area (TPSA) is 22.1 Å². The van der Waals surface area contributed by atoms with Crippen molar-refractivity contribution in [1.82, 2.24) is 4.98 Å². The number of pyridine rings is 1. The minimum absolute atomic E-state index is 0.373. The first-order valence-corrected chi connectivity index (χ1v) is 6.51. The van der Waals surface area contributed by atoms with Crippen LogP contribution in [0.4, 0.5) is 0 Å². The van der Waals surface area contributed by atoms with Crippen LogP contribution >= 0.6 is 11.6 Å². The van der Waals surface area contributed by atoms with Crippen LogP contribution in [-0.4, -0.2) is 11.1 Å². The molecule has 0 aromatic carbocycles. The first-order valence-electron chi connectivity index (χ1n) is 5.97. The first kappa shape index (κ1) is 11.7. The van der Waals surface area contributed by atoms with E-state index < -0.39 is 0 Å². The number of alkyl halides is 1. The van der Waals surface area contributed by atoms with Crippen LogP contribution in [0.5, 0.6) is 5.75 Å². The molecule has 16 heavy (non-hydrogen) atoms. The van der Waals surface area contributed by atoms with Gasteiger partial charge in [-0.1, -0.05) is 6.42 Å². The largest absolute Gasteiger partial charge is 0.490 e. The van der Waals surface area contributed by atoms with Crippen molar-refractivity contribution in [2.24, 2.45) is 0 Å². The summed E-state index contributed by atoms with van der Waals surface area (Å²) in [5.74, 6) is 1.39. The lowest BCUT2D eigenvalue weighted by molar-refractivity contribution is 0.153. The summed E-state index contributed by atoms with van der Waals surface area (Å²) in [4.78, 5) is 4.24. The number of nitrogens with zero attached hydrogens (tertiary/aromatic N) is 1. The molecule has 0 radical (unpaired) electrons. The van der Waals surface area contributed by atoms with Gasteiger partial charge < -0.3 is 4.74 Å². The molecule has 1 saturated carbocycles. The molecule has 1 aromatic rings. The highest BCUT2D eigenvalue weighted by Crippen LogP contribution is 2.27. The van der Waals surface area contributed by atoms with Crippen LogP contribution in [0.2, 0.25) is 0 Å². The molecule has 0 N–H and O–H groups in total. The Balaban J connectivity index is 2.09. The van der Waals surface area contributed by atoms with Crippen LogP contribution in [0.1, 0.15) is 43.4 Å². The minimum atomic E-state index is 0.373. The third-order valence-electron chi connectivity index (χ3n) is 3.07. The summed E-state index contributed by atoms with van der Waals surface area (Å²) in [5, 5.41) is 0. The van der Waals surface area contributed by atoms with E-state index in [1.807, 2.05) is 19.2 Å². The van der Waals surface area contributed by atoms with Crippen LogP contribution in [-0.2, 0) is 5.88 Å². The molecule has 3 heteroatoms. The average Bonchev–Trinajstić information content (AvgIpc) is 2.31. The maximum atomic E-state index is 6.03. The second kappa shape index (κ2) is 5.53. The van der Waals surface area contributed by atoms with Gasteiger partial charge in [-0.2, -0.15) is 0 Å². The van der Waals surface area contributed by atoms with Crippen molar-refractivity contribution in [1.29, 1.82) is 0 Å². The maximum absolute atomic E-state index is 6.03. The quantitative estimate of drug-likeness (QED) is 0.748. The fourth-order valence-electron chi connectivity index (χ4n) is 2.14. The lowest BCUT2D eigenvalue weighted by atomic mass is 9.98. The highest BCUT2D eigenvalue weighted by molar-refractivity contribution is 6.17. The highest BCUT2D eigenvalue weighted by atomic mass is 35.5. The van der Waals surface area contributed by atoms with E-state index in [0.717, 1.165) is 17.0 Å². The molecule has 88 valence electrons. The lowest BCUT2D eigenvalue weighted by Crippen LogP contribution is -2.20. The predicted molar refractivity (Wildman–Crippen MR) is 66.0 cm³/mol. The Kier molecular flexibility index (Phi) is 4.05. The third kappa shape index (κ3) is 2.88. The number of rotatable bonds is 3. The van der Waals surface area contributed by atoms with Gasteiger partial charge in [0, 0.05) is 23.5 Å². The van der Waals surface area contributed by atoms with Gasteiger partial charge in [-0.25, -0.2) is 0 Å². The van der Waals surface area contributed by atoms with Crippen LogP contribution in [0.15, 0.2) is 12.3 Å². The molecule has 0 aliphatic heterocycles. The fourth-order valence-corrected chi connectivity index (χ4v) is 2.34. The smallest absolute Gasteiger partial charge is 0.127 e. The second-order valence-electron chi connectivity index (χ2n) is 4.44. The van der Waals surface area contributed by atoms with Crippen molar-refractivity contribution >= 4 is 11.6 Å². The van der Waals surface area contributed by atoms with Gasteiger partial charge in [0.15, 0.2) is 0 Å². The molecule has 1 fully saturated rings. The molecule has 2 rings (SSSR count). The van der Waals surface area contributed by atoms with E-state index in [0.29, 0.717) is 12.0 Å². The van der Waals surface area contributed by atoms with Gasteiger partial charge in [0.1, 0.15) is 5.75 Å². The molecule has 2 nitrogen and oxygen atoms in total. The van der Waals surface area contributed by atoms with Gasteiger partial charge in [-0.15, -0.1) is 11.6 Å². The zero-order valence-corrected chi connectivity index (χ0v) is 10.5. The molecule has 1 aliphatic rings. The van der Waals surface area contributed by atoms with Crippen LogP contribution in [0.3, 0.4) is 0 Å². The van der Waals surface area contributed by atoms with Crippen LogP contribution < -0.4 is 4.74 Å². The molecule has 0 spiro atoms. The predicted octanol–water partition coefficient (Wildman–Crippen LogP) is 3.84. The monoisotopic (exact) mass is 239 g/mol. The molecular weight excluding hydrogens is 222 g/mol. The first-order chi connectivity index (χ1) is 7.79. The van der Waals surface area contributed by atoms with Gasteiger partial charge in [0.25, 0.3) is 0 Å². The van der Waals surface area contributed by atoms with E-state index >= 15 is 0 Å². The van der Waals surface area contributed by atoms with Crippen molar-refractivity contribution in [3.63, 3.8) is 0 Å². The van der Waals surface area contributed by atoms with Gasteiger partial charge in [0.05, 0.1) is 12.0 Å². The molecular formula is C13H18ClNO. The number of halogens is 1. The summed E-state index contributed by atoms with van der Waals surface area (Å²) in [6.07, 6.45) is 8.44. The molecule has 1 aliphatic carbocycles. The van der Waals surface area contributed by atoms with Crippen molar-refractivity contribution in [2.75, 3.05) is 0 Å². The Morgan fingerprint density at radius 2 is 2.12 bits per heavy atom. The van der Waals surface area contributed by atoms with E-state index in [-0.39, 0.29) is 0 Å². The molecule has 0 amide bonds. The Labute approximate surface area is 102 Å². The van der Waals surface area contributed by atoms with Crippen molar-refractivity contribution in [2.45, 2.75) is 51.0 Å². The summed E-state index contributed by atoms with van der Waals surface area (Å²) < 4.78 is 6.03. The third-order valence-corrected chi connectivity index (χ3v) is 3.36. The highest BCUT2D eigenvalue weighted by Gasteiger charge is 2.16. The summed E-state index contributed by atoms with van der Waals surface area (Å²) >= 11 is 5.88. The maximum Gasteiger partial charge on any atom is 0.127 e. The van der Waals surface area contributed by atoms with Crippen molar-refractivity contribution in [3.8, 4) is 5.75 Å². The molecule has 1 aromatic heterocycles. The molecule has 1 heterocycles. The number of ether oxygens (including phenoxy) is 1. The van der Waals surface area contributed by atoms with E-state index in [2.05, 4.69) is 4.98 Å². The van der Waals surface area contributed by atoms with Crippen molar-refractivity contribution < 1.29 is 4.74 Å². The Morgan fingerprint density at radius 3 is 2.81 bits per heavy atom. The van der Waals surface area contributed by atoms with Crippen molar-refractivity contribution in [3.05, 3.63) is 23.5 Å². The van der Waals surface area contributed by atoms with Crippen LogP contribution in [0.25, 0.3) is 0 Å². The molecule has 0 atom stereocenters. The zero-order valence-electron chi connectivity index (χ0n) is 9.71. The molecule has 0 saturated heterocycles. The number of hydrogen-bond donors (Lipinski definition) is 0. The average molecular weight is 240 g/mol. The number of aryl methyl sites for hydroxylation is 1. The van der Waals surface area contributed by atoms with Gasteiger partial charge >= 0.3 is 0 Å². The Morgan fingerprint density at radius 1 is 1.38 bits per heavy atom. The SMILES string of the molecule is Cc1cc(OC2CCCCC2)c(CCl)cn1. The second-order valence-corrected chi connectivity index (χ2v) is 4.71. The summed E-state index contributed by atoms with van der Waals surface area (Å²) in [7, 11) is 0. The summed E-state index contributed by atoms with van der Waals surface area (Å²) in [6, 6.07) is 1.99. The molecule has 0 unspecified atom stereocenters. The van der Waals surface area contributed by atoms with E-state index in [4.69, 9.17) is 16.3 Å². The minimum Gasteiger partial charge on any atom is -0.490 e. The summed E-state index contributed by atoms with van der Waals surface area (Å²) in [5.41, 5.74) is 1.98. The number of aromatic nitrogens is 1. The fraction of sp³-hybridized carbons (Fsp3) is 0.615. The standard InChI is InChI=1S/C13H18ClNO/c1-10-7-13(11(8-14)9-15-10)16-12-5-3-2-4-6-12/h7,9,12H,2-6,8H2,1H3.